The zero-order valence-electron chi connectivity index (χ0n) is 10.5. The molecule has 0 bridgehead atoms. The van der Waals surface area contributed by atoms with Crippen molar-refractivity contribution < 1.29 is 4.74 Å². The van der Waals surface area contributed by atoms with Gasteiger partial charge in [-0.3, -0.25) is 0 Å². The highest BCUT2D eigenvalue weighted by atomic mass is 35.5. The summed E-state index contributed by atoms with van der Waals surface area (Å²) in [5.41, 5.74) is 1.07. The molecular formula is C14H22ClNO. The summed E-state index contributed by atoms with van der Waals surface area (Å²) < 4.78 is 5.59. The summed E-state index contributed by atoms with van der Waals surface area (Å²) >= 11 is 6.03. The minimum Gasteiger partial charge on any atom is -0.377 e. The fourth-order valence-corrected chi connectivity index (χ4v) is 1.74. The molecule has 1 aromatic rings. The van der Waals surface area contributed by atoms with Crippen molar-refractivity contribution in [1.82, 2.24) is 5.32 Å². The van der Waals surface area contributed by atoms with E-state index in [1.807, 2.05) is 24.3 Å². The Morgan fingerprint density at radius 3 is 2.76 bits per heavy atom. The number of benzene rings is 1. The zero-order valence-corrected chi connectivity index (χ0v) is 11.3. The molecule has 0 unspecified atom stereocenters. The van der Waals surface area contributed by atoms with Crippen LogP contribution in [-0.4, -0.2) is 19.7 Å². The number of hydrogen-bond donors (Lipinski definition) is 1. The first-order valence-corrected chi connectivity index (χ1v) is 6.74. The van der Waals surface area contributed by atoms with Crippen LogP contribution < -0.4 is 5.32 Å². The largest absolute Gasteiger partial charge is 0.377 e. The molecular weight excluding hydrogens is 234 g/mol. The Kier molecular flexibility index (Phi) is 8.06. The van der Waals surface area contributed by atoms with Gasteiger partial charge in [0.25, 0.3) is 0 Å². The number of hydrogen-bond acceptors (Lipinski definition) is 2. The third-order valence-electron chi connectivity index (χ3n) is 2.53. The fourth-order valence-electron chi connectivity index (χ4n) is 1.55. The van der Waals surface area contributed by atoms with E-state index in [0.29, 0.717) is 6.61 Å². The van der Waals surface area contributed by atoms with Crippen molar-refractivity contribution in [3.63, 3.8) is 0 Å². The van der Waals surface area contributed by atoms with Gasteiger partial charge in [0.05, 0.1) is 6.61 Å². The van der Waals surface area contributed by atoms with Crippen LogP contribution in [0.3, 0.4) is 0 Å². The zero-order chi connectivity index (χ0) is 12.3. The van der Waals surface area contributed by atoms with E-state index in [1.54, 1.807) is 0 Å². The number of rotatable bonds is 9. The van der Waals surface area contributed by atoms with Gasteiger partial charge in [0.2, 0.25) is 0 Å². The Balaban J connectivity index is 1.99. The van der Waals surface area contributed by atoms with Crippen LogP contribution in [0.4, 0.5) is 0 Å². The van der Waals surface area contributed by atoms with Crippen LogP contribution in [0.1, 0.15) is 31.7 Å². The van der Waals surface area contributed by atoms with E-state index in [2.05, 4.69) is 12.2 Å². The molecule has 17 heavy (non-hydrogen) atoms. The monoisotopic (exact) mass is 255 g/mol. The average Bonchev–Trinajstić information content (AvgIpc) is 2.35. The summed E-state index contributed by atoms with van der Waals surface area (Å²) in [6, 6.07) is 7.82. The molecule has 0 atom stereocenters. The van der Waals surface area contributed by atoms with E-state index < -0.39 is 0 Å². The molecule has 0 saturated carbocycles. The minimum absolute atomic E-state index is 0.613. The summed E-state index contributed by atoms with van der Waals surface area (Å²) in [7, 11) is 0. The molecule has 0 aliphatic carbocycles. The number of unbranched alkanes of at least 4 members (excludes halogenated alkanes) is 1. The van der Waals surface area contributed by atoms with Gasteiger partial charge in [0, 0.05) is 11.6 Å². The van der Waals surface area contributed by atoms with Crippen LogP contribution >= 0.6 is 11.6 Å². The summed E-state index contributed by atoms with van der Waals surface area (Å²) in [6.45, 7) is 5.80. The predicted octanol–water partition coefficient (Wildman–Crippen LogP) is 3.64. The topological polar surface area (TPSA) is 21.3 Å². The molecule has 1 rings (SSSR count). The molecule has 0 spiro atoms. The first-order valence-electron chi connectivity index (χ1n) is 6.36. The Morgan fingerprint density at radius 1 is 1.18 bits per heavy atom. The van der Waals surface area contributed by atoms with E-state index >= 15 is 0 Å². The fraction of sp³-hybridized carbons (Fsp3) is 0.571. The number of nitrogens with one attached hydrogen (secondary N) is 1. The van der Waals surface area contributed by atoms with Crippen LogP contribution in [0, 0.1) is 0 Å². The number of ether oxygens (including phenoxy) is 1. The second-order valence-electron chi connectivity index (χ2n) is 4.10. The minimum atomic E-state index is 0.613. The number of halogens is 1. The summed E-state index contributed by atoms with van der Waals surface area (Å²) in [5.74, 6) is 0. The molecule has 0 radical (unpaired) electrons. The maximum Gasteiger partial charge on any atom is 0.0731 e. The van der Waals surface area contributed by atoms with E-state index in [9.17, 15) is 0 Å². The molecule has 0 fully saturated rings. The van der Waals surface area contributed by atoms with Crippen LogP contribution in [0.2, 0.25) is 5.02 Å². The molecule has 2 nitrogen and oxygen atoms in total. The Morgan fingerprint density at radius 2 is 2.00 bits per heavy atom. The van der Waals surface area contributed by atoms with Crippen LogP contribution in [0.5, 0.6) is 0 Å². The van der Waals surface area contributed by atoms with Crippen molar-refractivity contribution in [2.75, 3.05) is 19.7 Å². The lowest BCUT2D eigenvalue weighted by molar-refractivity contribution is 0.117. The van der Waals surface area contributed by atoms with Gasteiger partial charge in [-0.1, -0.05) is 36.7 Å². The Labute approximate surface area is 109 Å². The van der Waals surface area contributed by atoms with Gasteiger partial charge < -0.3 is 10.1 Å². The summed E-state index contributed by atoms with van der Waals surface area (Å²) in [4.78, 5) is 0. The normalized spacial score (nSPS) is 10.7. The van der Waals surface area contributed by atoms with Crippen molar-refractivity contribution in [1.29, 1.82) is 0 Å². The van der Waals surface area contributed by atoms with Gasteiger partial charge in [-0.05, 0) is 44.0 Å². The molecule has 0 aliphatic rings. The van der Waals surface area contributed by atoms with Gasteiger partial charge in [0.1, 0.15) is 0 Å². The van der Waals surface area contributed by atoms with Crippen LogP contribution in [0.25, 0.3) is 0 Å². The highest BCUT2D eigenvalue weighted by molar-refractivity contribution is 6.31. The summed E-state index contributed by atoms with van der Waals surface area (Å²) in [5, 5.41) is 4.17. The third-order valence-corrected chi connectivity index (χ3v) is 2.90. The predicted molar refractivity (Wildman–Crippen MR) is 73.5 cm³/mol. The van der Waals surface area contributed by atoms with Gasteiger partial charge >= 0.3 is 0 Å². The van der Waals surface area contributed by atoms with E-state index in [4.69, 9.17) is 16.3 Å². The standard InChI is InChI=1S/C14H22ClNO/c1-2-9-16-10-5-6-11-17-12-13-7-3-4-8-14(13)15/h3-4,7-8,16H,2,5-6,9-12H2,1H3. The molecule has 1 N–H and O–H groups in total. The van der Waals surface area contributed by atoms with E-state index in [1.165, 1.54) is 12.8 Å². The smallest absolute Gasteiger partial charge is 0.0731 e. The van der Waals surface area contributed by atoms with Crippen LogP contribution in [0.15, 0.2) is 24.3 Å². The quantitative estimate of drug-likeness (QED) is 0.681. The van der Waals surface area contributed by atoms with Crippen LogP contribution in [-0.2, 0) is 11.3 Å². The molecule has 0 heterocycles. The SMILES string of the molecule is CCCNCCCCOCc1ccccc1Cl. The second-order valence-corrected chi connectivity index (χ2v) is 4.51. The van der Waals surface area contributed by atoms with Crippen molar-refractivity contribution in [2.45, 2.75) is 32.8 Å². The average molecular weight is 256 g/mol. The Bertz CT molecular complexity index is 304. The van der Waals surface area contributed by atoms with Gasteiger partial charge in [-0.15, -0.1) is 0 Å². The molecule has 96 valence electrons. The Hall–Kier alpha value is -0.570. The first-order chi connectivity index (χ1) is 8.34. The van der Waals surface area contributed by atoms with Gasteiger partial charge in [0.15, 0.2) is 0 Å². The van der Waals surface area contributed by atoms with Crippen molar-refractivity contribution in [3.05, 3.63) is 34.9 Å². The second kappa shape index (κ2) is 9.46. The molecule has 0 aromatic heterocycles. The maximum atomic E-state index is 6.03. The van der Waals surface area contributed by atoms with Crippen molar-refractivity contribution in [3.8, 4) is 0 Å². The summed E-state index contributed by atoms with van der Waals surface area (Å²) in [6.07, 6.45) is 3.46. The van der Waals surface area contributed by atoms with E-state index in [0.717, 1.165) is 36.7 Å². The van der Waals surface area contributed by atoms with Crippen molar-refractivity contribution in [2.24, 2.45) is 0 Å². The lowest BCUT2D eigenvalue weighted by Gasteiger charge is -2.06. The molecule has 0 saturated heterocycles. The lowest BCUT2D eigenvalue weighted by Crippen LogP contribution is -2.16. The van der Waals surface area contributed by atoms with Gasteiger partial charge in [-0.25, -0.2) is 0 Å². The maximum absolute atomic E-state index is 6.03. The molecule has 1 aromatic carbocycles. The molecule has 0 aliphatic heterocycles. The highest BCUT2D eigenvalue weighted by Gasteiger charge is 1.98. The van der Waals surface area contributed by atoms with Crippen molar-refractivity contribution >= 4 is 11.6 Å². The first kappa shape index (κ1) is 14.5. The van der Waals surface area contributed by atoms with Gasteiger partial charge in [-0.2, -0.15) is 0 Å². The lowest BCUT2D eigenvalue weighted by atomic mass is 10.2. The van der Waals surface area contributed by atoms with E-state index in [-0.39, 0.29) is 0 Å². The molecule has 0 amide bonds. The highest BCUT2D eigenvalue weighted by Crippen LogP contribution is 2.15. The third kappa shape index (κ3) is 6.67. The molecule has 3 heteroatoms.